The number of hydrogen-bond donors (Lipinski definition) is 1. The maximum absolute atomic E-state index is 11.4. The van der Waals surface area contributed by atoms with Crippen LogP contribution in [0.5, 0.6) is 0 Å². The van der Waals surface area contributed by atoms with Gasteiger partial charge in [-0.2, -0.15) is 5.26 Å². The molecule has 0 bridgehead atoms. The molecule has 0 aromatic carbocycles. The van der Waals surface area contributed by atoms with Crippen LogP contribution < -0.4 is 0 Å². The highest BCUT2D eigenvalue weighted by atomic mass is 16.3. The number of nitrogens with zero attached hydrogens (tertiary/aromatic N) is 2. The van der Waals surface area contributed by atoms with Crippen LogP contribution in [0, 0.1) is 17.2 Å². The lowest BCUT2D eigenvalue weighted by molar-refractivity contribution is -0.130. The third kappa shape index (κ3) is 5.55. The van der Waals surface area contributed by atoms with Crippen molar-refractivity contribution in [1.29, 1.82) is 5.26 Å². The Morgan fingerprint density at radius 3 is 2.57 bits per heavy atom. The Labute approximate surface area is 85.1 Å². The summed E-state index contributed by atoms with van der Waals surface area (Å²) in [5.74, 6) is -0.163. The van der Waals surface area contributed by atoms with Gasteiger partial charge in [-0.3, -0.25) is 4.79 Å². The summed E-state index contributed by atoms with van der Waals surface area (Å²) in [6, 6.07) is 2.07. The van der Waals surface area contributed by atoms with Crippen LogP contribution in [0.2, 0.25) is 0 Å². The zero-order chi connectivity index (χ0) is 11.1. The molecule has 0 aliphatic rings. The Bertz CT molecular complexity index is 221. The zero-order valence-electron chi connectivity index (χ0n) is 9.03. The summed E-state index contributed by atoms with van der Waals surface area (Å²) in [4.78, 5) is 12.9. The van der Waals surface area contributed by atoms with Gasteiger partial charge < -0.3 is 10.0 Å². The van der Waals surface area contributed by atoms with E-state index in [-0.39, 0.29) is 11.8 Å². The molecule has 0 fully saturated rings. The van der Waals surface area contributed by atoms with Crippen molar-refractivity contribution in [3.8, 4) is 6.07 Å². The summed E-state index contributed by atoms with van der Waals surface area (Å²) in [6.07, 6.45) is 0.372. The molecule has 0 radical (unpaired) electrons. The van der Waals surface area contributed by atoms with Crippen molar-refractivity contribution in [2.75, 3.05) is 13.6 Å². The molecule has 0 aromatic rings. The van der Waals surface area contributed by atoms with Gasteiger partial charge in [0.25, 0.3) is 0 Å². The maximum Gasteiger partial charge on any atom is 0.222 e. The quantitative estimate of drug-likeness (QED) is 0.709. The van der Waals surface area contributed by atoms with Gasteiger partial charge in [0, 0.05) is 20.0 Å². The van der Waals surface area contributed by atoms with Crippen molar-refractivity contribution in [3.05, 3.63) is 0 Å². The van der Waals surface area contributed by atoms with Crippen LogP contribution in [-0.4, -0.2) is 35.6 Å². The Balaban J connectivity index is 3.83. The molecule has 2 atom stereocenters. The van der Waals surface area contributed by atoms with E-state index in [1.807, 2.05) is 0 Å². The van der Waals surface area contributed by atoms with Gasteiger partial charge in [-0.05, 0) is 20.3 Å². The SMILES string of the molecule is CC(O)CCC(=O)N(C)CC(C)C#N. The summed E-state index contributed by atoms with van der Waals surface area (Å²) in [5, 5.41) is 17.5. The molecule has 0 spiro atoms. The number of aliphatic hydroxyl groups is 1. The summed E-state index contributed by atoms with van der Waals surface area (Å²) in [6.45, 7) is 3.89. The lowest BCUT2D eigenvalue weighted by Gasteiger charge is -2.18. The number of amides is 1. The second-order valence-electron chi connectivity index (χ2n) is 3.69. The van der Waals surface area contributed by atoms with Crippen molar-refractivity contribution in [3.63, 3.8) is 0 Å². The third-order valence-corrected chi connectivity index (χ3v) is 1.97. The lowest BCUT2D eigenvalue weighted by Crippen LogP contribution is -2.30. The minimum absolute atomic E-state index is 0.0204. The first-order valence-electron chi connectivity index (χ1n) is 4.79. The largest absolute Gasteiger partial charge is 0.393 e. The summed E-state index contributed by atoms with van der Waals surface area (Å²) in [7, 11) is 1.68. The monoisotopic (exact) mass is 198 g/mol. The van der Waals surface area contributed by atoms with Gasteiger partial charge in [0.15, 0.2) is 0 Å². The fraction of sp³-hybridized carbons (Fsp3) is 0.800. The van der Waals surface area contributed by atoms with Gasteiger partial charge in [-0.15, -0.1) is 0 Å². The second kappa shape index (κ2) is 6.39. The summed E-state index contributed by atoms with van der Waals surface area (Å²) >= 11 is 0. The third-order valence-electron chi connectivity index (χ3n) is 1.97. The second-order valence-corrected chi connectivity index (χ2v) is 3.69. The highest BCUT2D eigenvalue weighted by molar-refractivity contribution is 5.75. The van der Waals surface area contributed by atoms with E-state index in [2.05, 4.69) is 6.07 Å². The van der Waals surface area contributed by atoms with Gasteiger partial charge >= 0.3 is 0 Å². The topological polar surface area (TPSA) is 64.3 Å². The Kier molecular flexibility index (Phi) is 5.89. The zero-order valence-corrected chi connectivity index (χ0v) is 9.03. The van der Waals surface area contributed by atoms with Gasteiger partial charge in [0.05, 0.1) is 18.1 Å². The molecule has 14 heavy (non-hydrogen) atoms. The van der Waals surface area contributed by atoms with Gasteiger partial charge in [0.2, 0.25) is 5.91 Å². The molecule has 0 aromatic heterocycles. The Hall–Kier alpha value is -1.08. The minimum Gasteiger partial charge on any atom is -0.393 e. The maximum atomic E-state index is 11.4. The molecule has 0 aliphatic heterocycles. The van der Waals surface area contributed by atoms with E-state index in [1.165, 1.54) is 4.90 Å². The molecule has 2 unspecified atom stereocenters. The predicted molar refractivity (Wildman–Crippen MR) is 53.3 cm³/mol. The molecule has 0 aliphatic carbocycles. The van der Waals surface area contributed by atoms with E-state index < -0.39 is 6.10 Å². The molecule has 4 heteroatoms. The number of carbonyl (C=O) groups excluding carboxylic acids is 1. The number of aliphatic hydroxyl groups excluding tert-OH is 1. The average molecular weight is 198 g/mol. The van der Waals surface area contributed by atoms with Crippen LogP contribution in [0.1, 0.15) is 26.7 Å². The Morgan fingerprint density at radius 1 is 1.57 bits per heavy atom. The minimum atomic E-state index is -0.444. The van der Waals surface area contributed by atoms with E-state index in [1.54, 1.807) is 20.9 Å². The van der Waals surface area contributed by atoms with E-state index >= 15 is 0 Å². The Morgan fingerprint density at radius 2 is 2.14 bits per heavy atom. The van der Waals surface area contributed by atoms with Crippen LogP contribution in [0.15, 0.2) is 0 Å². The van der Waals surface area contributed by atoms with Crippen LogP contribution in [-0.2, 0) is 4.79 Å². The standard InChI is InChI=1S/C10H18N2O2/c1-8(6-11)7-12(3)10(14)5-4-9(2)13/h8-9,13H,4-5,7H2,1-3H3. The van der Waals surface area contributed by atoms with Crippen molar-refractivity contribution in [2.24, 2.45) is 5.92 Å². The van der Waals surface area contributed by atoms with Crippen molar-refractivity contribution < 1.29 is 9.90 Å². The normalized spacial score (nSPS) is 14.2. The first kappa shape index (κ1) is 12.9. The number of nitriles is 1. The molecule has 0 heterocycles. The smallest absolute Gasteiger partial charge is 0.222 e. The number of carbonyl (C=O) groups is 1. The van der Waals surface area contributed by atoms with Crippen LogP contribution in [0.4, 0.5) is 0 Å². The van der Waals surface area contributed by atoms with Gasteiger partial charge in [-0.25, -0.2) is 0 Å². The van der Waals surface area contributed by atoms with Crippen LogP contribution >= 0.6 is 0 Å². The molecule has 1 N–H and O–H groups in total. The molecule has 0 saturated heterocycles. The highest BCUT2D eigenvalue weighted by Gasteiger charge is 2.12. The number of hydrogen-bond acceptors (Lipinski definition) is 3. The molecular weight excluding hydrogens is 180 g/mol. The van der Waals surface area contributed by atoms with Crippen molar-refractivity contribution in [2.45, 2.75) is 32.8 Å². The fourth-order valence-electron chi connectivity index (χ4n) is 1.08. The van der Waals surface area contributed by atoms with Gasteiger partial charge in [0.1, 0.15) is 0 Å². The van der Waals surface area contributed by atoms with Crippen LogP contribution in [0.3, 0.4) is 0 Å². The molecule has 4 nitrogen and oxygen atoms in total. The molecular formula is C10H18N2O2. The highest BCUT2D eigenvalue weighted by Crippen LogP contribution is 2.02. The van der Waals surface area contributed by atoms with Crippen LogP contribution in [0.25, 0.3) is 0 Å². The molecule has 1 amide bonds. The van der Waals surface area contributed by atoms with E-state index in [0.717, 1.165) is 0 Å². The van der Waals surface area contributed by atoms with E-state index in [4.69, 9.17) is 10.4 Å². The fourth-order valence-corrected chi connectivity index (χ4v) is 1.08. The summed E-state index contributed by atoms with van der Waals surface area (Å²) < 4.78 is 0. The number of rotatable bonds is 5. The predicted octanol–water partition coefficient (Wildman–Crippen LogP) is 0.765. The van der Waals surface area contributed by atoms with Gasteiger partial charge in [-0.1, -0.05) is 0 Å². The summed E-state index contributed by atoms with van der Waals surface area (Å²) in [5.41, 5.74) is 0. The average Bonchev–Trinajstić information content (AvgIpc) is 2.13. The van der Waals surface area contributed by atoms with E-state index in [0.29, 0.717) is 19.4 Å². The first-order valence-corrected chi connectivity index (χ1v) is 4.79. The molecule has 0 rings (SSSR count). The lowest BCUT2D eigenvalue weighted by atomic mass is 10.1. The van der Waals surface area contributed by atoms with Crippen molar-refractivity contribution >= 4 is 5.91 Å². The molecule has 80 valence electrons. The molecule has 0 saturated carbocycles. The van der Waals surface area contributed by atoms with E-state index in [9.17, 15) is 4.79 Å². The first-order chi connectivity index (χ1) is 6.47. The van der Waals surface area contributed by atoms with Crippen molar-refractivity contribution in [1.82, 2.24) is 4.90 Å².